The van der Waals surface area contributed by atoms with Crippen molar-refractivity contribution in [3.05, 3.63) is 0 Å². The quantitative estimate of drug-likeness (QED) is 0.0117. The standard InChI is InChI=1S/C69H129O24P/c1-5-8-11-14-17-19-21-23-24-26-32-38-43-54(72)86-48-52-57(75)59(77)64(82)69(90-52)92-66-62(80)60(78)61(79)65(91-68-63(81)58(76)56(74)51(45-70)89-68)67(66)93-94(83,84)87-47-50(88-55(73)44-39-34-27-25-22-20-18-15-12-9-6-2)46-85-53(71)42-37-33-29-28-31-36-41-49(4)40-35-30-16-13-10-7-3/h49-52,56-70,74-82H,5-48H2,1-4H3,(H,83,84). The highest BCUT2D eigenvalue weighted by Gasteiger charge is 2.58. The van der Waals surface area contributed by atoms with Crippen molar-refractivity contribution in [3.8, 4) is 0 Å². The molecule has 3 aliphatic rings. The summed E-state index contributed by atoms with van der Waals surface area (Å²) in [5.41, 5.74) is 0. The second kappa shape index (κ2) is 51.2. The zero-order valence-corrected chi connectivity index (χ0v) is 58.6. The van der Waals surface area contributed by atoms with Crippen molar-refractivity contribution in [2.45, 2.75) is 389 Å². The number of esters is 3. The van der Waals surface area contributed by atoms with Gasteiger partial charge in [-0.05, 0) is 25.2 Å². The number of phosphoric acid groups is 1. The molecule has 0 aromatic heterocycles. The first-order valence-corrected chi connectivity index (χ1v) is 38.2. The van der Waals surface area contributed by atoms with Gasteiger partial charge in [0.1, 0.15) is 98.7 Å². The van der Waals surface area contributed by atoms with Crippen molar-refractivity contribution in [1.82, 2.24) is 0 Å². The van der Waals surface area contributed by atoms with E-state index in [0.29, 0.717) is 25.2 Å². The second-order valence-corrected chi connectivity index (χ2v) is 28.3. The molecule has 11 N–H and O–H groups in total. The van der Waals surface area contributed by atoms with Gasteiger partial charge in [-0.25, -0.2) is 4.57 Å². The van der Waals surface area contributed by atoms with Crippen LogP contribution in [-0.4, -0.2) is 204 Å². The molecule has 94 heavy (non-hydrogen) atoms. The summed E-state index contributed by atoms with van der Waals surface area (Å²) in [4.78, 5) is 50.9. The van der Waals surface area contributed by atoms with E-state index in [9.17, 15) is 74.9 Å². The van der Waals surface area contributed by atoms with Crippen molar-refractivity contribution >= 4 is 25.7 Å². The monoisotopic (exact) mass is 1370 g/mol. The van der Waals surface area contributed by atoms with Crippen LogP contribution in [0, 0.1) is 5.92 Å². The summed E-state index contributed by atoms with van der Waals surface area (Å²) in [5.74, 6) is -1.28. The van der Waals surface area contributed by atoms with Gasteiger partial charge in [0.15, 0.2) is 18.7 Å². The van der Waals surface area contributed by atoms with E-state index in [0.717, 1.165) is 96.3 Å². The number of unbranched alkanes of at least 4 members (excludes halogenated alkanes) is 31. The molecule has 19 atom stereocenters. The Morgan fingerprint density at radius 2 is 0.745 bits per heavy atom. The fourth-order valence-electron chi connectivity index (χ4n) is 12.4. The lowest BCUT2D eigenvalue weighted by Gasteiger charge is -2.49. The molecule has 2 aliphatic heterocycles. The summed E-state index contributed by atoms with van der Waals surface area (Å²) in [6, 6.07) is 0. The van der Waals surface area contributed by atoms with Crippen molar-refractivity contribution in [2.75, 3.05) is 26.4 Å². The van der Waals surface area contributed by atoms with Gasteiger partial charge in [0.05, 0.1) is 13.2 Å². The highest BCUT2D eigenvalue weighted by Crippen LogP contribution is 2.49. The molecule has 0 amide bonds. The van der Waals surface area contributed by atoms with E-state index in [-0.39, 0.29) is 19.3 Å². The van der Waals surface area contributed by atoms with Gasteiger partial charge in [-0.2, -0.15) is 0 Å². The molecule has 1 saturated carbocycles. The van der Waals surface area contributed by atoms with E-state index in [4.69, 9.17) is 42.2 Å². The Morgan fingerprint density at radius 3 is 1.15 bits per heavy atom. The third-order valence-corrected chi connectivity index (χ3v) is 19.5. The number of phosphoric ester groups is 1. The van der Waals surface area contributed by atoms with Gasteiger partial charge < -0.3 is 89.1 Å². The molecule has 2 heterocycles. The Hall–Kier alpha value is -2.04. The molecule has 0 aromatic carbocycles. The SMILES string of the molecule is CCCCCCCCCCCCCCC(=O)OCC1OC(OC2C(O)C(O)C(O)C(OC3OC(CO)C(O)C(O)C3O)C2OP(=O)(O)OCC(COC(=O)CCCCCCCCC(C)CCCCCCCC)OC(=O)CCCCCCCCCCCCC)C(O)C(O)C1O. The van der Waals surface area contributed by atoms with Crippen LogP contribution in [0.25, 0.3) is 0 Å². The average Bonchev–Trinajstić information content (AvgIpc) is 0.765. The van der Waals surface area contributed by atoms with E-state index in [1.54, 1.807) is 0 Å². The third kappa shape index (κ3) is 34.8. The van der Waals surface area contributed by atoms with Crippen LogP contribution in [0.3, 0.4) is 0 Å². The van der Waals surface area contributed by atoms with Crippen LogP contribution >= 0.6 is 7.82 Å². The number of aliphatic hydroxyl groups is 10. The van der Waals surface area contributed by atoms with Gasteiger partial charge in [-0.3, -0.25) is 23.4 Å². The largest absolute Gasteiger partial charge is 0.472 e. The van der Waals surface area contributed by atoms with Gasteiger partial charge >= 0.3 is 25.7 Å². The van der Waals surface area contributed by atoms with Gasteiger partial charge in [0.2, 0.25) is 0 Å². The molecule has 0 radical (unpaired) electrons. The maximum atomic E-state index is 14.3. The van der Waals surface area contributed by atoms with E-state index in [2.05, 4.69) is 27.7 Å². The Bertz CT molecular complexity index is 1980. The van der Waals surface area contributed by atoms with Crippen molar-refractivity contribution in [3.63, 3.8) is 0 Å². The molecule has 0 bridgehead atoms. The number of hydrogen-bond acceptors (Lipinski definition) is 23. The van der Waals surface area contributed by atoms with Crippen molar-refractivity contribution in [1.29, 1.82) is 0 Å². The molecule has 3 rings (SSSR count). The predicted molar refractivity (Wildman–Crippen MR) is 352 cm³/mol. The number of hydrogen-bond donors (Lipinski definition) is 11. The summed E-state index contributed by atoms with van der Waals surface area (Å²) in [7, 11) is -5.69. The van der Waals surface area contributed by atoms with Gasteiger partial charge in [-0.1, -0.05) is 246 Å². The smallest absolute Gasteiger partial charge is 0.463 e. The fraction of sp³-hybridized carbons (Fsp3) is 0.957. The highest BCUT2D eigenvalue weighted by molar-refractivity contribution is 7.47. The van der Waals surface area contributed by atoms with Crippen LogP contribution in [0.1, 0.15) is 285 Å². The highest BCUT2D eigenvalue weighted by atomic mass is 31.2. The molecule has 2 saturated heterocycles. The summed E-state index contributed by atoms with van der Waals surface area (Å²) < 4.78 is 64.9. The molecule has 0 aromatic rings. The number of ether oxygens (including phenoxy) is 7. The lowest BCUT2D eigenvalue weighted by molar-refractivity contribution is -0.360. The number of aliphatic hydroxyl groups excluding tert-OH is 10. The summed E-state index contributed by atoms with van der Waals surface area (Å²) in [6.45, 7) is 5.75. The Balaban J connectivity index is 1.75. The molecular formula is C69H129O24P. The van der Waals surface area contributed by atoms with Gasteiger partial charge in [0, 0.05) is 19.3 Å². The number of rotatable bonds is 56. The minimum atomic E-state index is -5.69. The van der Waals surface area contributed by atoms with Crippen molar-refractivity contribution < 1.29 is 117 Å². The lowest BCUT2D eigenvalue weighted by Crippen LogP contribution is -2.69. The van der Waals surface area contributed by atoms with Crippen LogP contribution < -0.4 is 0 Å². The van der Waals surface area contributed by atoms with Crippen LogP contribution in [0.15, 0.2) is 0 Å². The second-order valence-electron chi connectivity index (χ2n) is 26.9. The van der Waals surface area contributed by atoms with Gasteiger partial charge in [0.25, 0.3) is 0 Å². The molecule has 24 nitrogen and oxygen atoms in total. The Kier molecular flexibility index (Phi) is 46.9. The molecule has 554 valence electrons. The molecular weight excluding hydrogens is 1240 g/mol. The van der Waals surface area contributed by atoms with E-state index in [1.807, 2.05) is 0 Å². The molecule has 25 heteroatoms. The maximum absolute atomic E-state index is 14.3. The van der Waals surface area contributed by atoms with Crippen molar-refractivity contribution in [2.24, 2.45) is 5.92 Å². The predicted octanol–water partition coefficient (Wildman–Crippen LogP) is 9.26. The Labute approximate surface area is 561 Å². The average molecular weight is 1370 g/mol. The van der Waals surface area contributed by atoms with Crippen LogP contribution in [-0.2, 0) is 61.2 Å². The zero-order chi connectivity index (χ0) is 69.1. The first-order valence-electron chi connectivity index (χ1n) is 36.7. The maximum Gasteiger partial charge on any atom is 0.472 e. The number of carbonyl (C=O) groups is 3. The summed E-state index contributed by atoms with van der Waals surface area (Å²) in [6.07, 6.45) is 4.87. The van der Waals surface area contributed by atoms with E-state index in [1.165, 1.54) is 122 Å². The fourth-order valence-corrected chi connectivity index (χ4v) is 13.4. The lowest BCUT2D eigenvalue weighted by atomic mass is 9.84. The minimum Gasteiger partial charge on any atom is -0.463 e. The number of carbonyl (C=O) groups excluding carboxylic acids is 3. The molecule has 19 unspecified atom stereocenters. The van der Waals surface area contributed by atoms with E-state index < -0.39 is 156 Å². The molecule has 0 spiro atoms. The molecule has 1 aliphatic carbocycles. The summed E-state index contributed by atoms with van der Waals surface area (Å²) in [5, 5.41) is 110. The molecule has 3 fully saturated rings. The zero-order valence-electron chi connectivity index (χ0n) is 57.7. The Morgan fingerprint density at radius 1 is 0.404 bits per heavy atom. The van der Waals surface area contributed by atoms with Gasteiger partial charge in [-0.15, -0.1) is 0 Å². The van der Waals surface area contributed by atoms with Crippen LogP contribution in [0.5, 0.6) is 0 Å². The first-order chi connectivity index (χ1) is 45.2. The van der Waals surface area contributed by atoms with Crippen LogP contribution in [0.2, 0.25) is 0 Å². The minimum absolute atomic E-state index is 0.0327. The summed E-state index contributed by atoms with van der Waals surface area (Å²) >= 11 is 0. The first kappa shape index (κ1) is 86.2. The van der Waals surface area contributed by atoms with E-state index >= 15 is 0 Å². The van der Waals surface area contributed by atoms with Crippen LogP contribution in [0.4, 0.5) is 0 Å². The topological polar surface area (TPSA) is 374 Å². The normalized spacial score (nSPS) is 28.6. The third-order valence-electron chi connectivity index (χ3n) is 18.5.